The molecule has 24 heavy (non-hydrogen) atoms. The number of aliphatic hydroxyl groups excluding tert-OH is 1. The number of rotatable bonds is 3. The first-order chi connectivity index (χ1) is 11.3. The second-order valence-electron chi connectivity index (χ2n) is 5.90. The number of aromatic amines is 1. The highest BCUT2D eigenvalue weighted by Gasteiger charge is 2.34. The minimum absolute atomic E-state index is 0.0642. The van der Waals surface area contributed by atoms with Crippen LogP contribution in [-0.2, 0) is 6.18 Å². The van der Waals surface area contributed by atoms with Gasteiger partial charge in [0.15, 0.2) is 0 Å². The zero-order chi connectivity index (χ0) is 17.5. The Morgan fingerprint density at radius 1 is 1.38 bits per heavy atom. The minimum atomic E-state index is -4.62. The summed E-state index contributed by atoms with van der Waals surface area (Å²) in [6.07, 6.45) is -3.81. The van der Waals surface area contributed by atoms with E-state index in [4.69, 9.17) is 11.6 Å². The van der Waals surface area contributed by atoms with Crippen LogP contribution in [0, 0.1) is 0 Å². The van der Waals surface area contributed by atoms with Crippen LogP contribution < -0.4 is 10.5 Å². The molecule has 8 heteroatoms. The predicted octanol–water partition coefficient (Wildman–Crippen LogP) is 3.12. The number of aromatic nitrogens is 1. The van der Waals surface area contributed by atoms with Gasteiger partial charge in [0.1, 0.15) is 0 Å². The van der Waals surface area contributed by atoms with Crippen molar-refractivity contribution >= 4 is 28.2 Å². The van der Waals surface area contributed by atoms with Gasteiger partial charge in [0.05, 0.1) is 23.6 Å². The van der Waals surface area contributed by atoms with Crippen LogP contribution in [0.2, 0.25) is 0 Å². The minimum Gasteiger partial charge on any atom is -0.390 e. The molecule has 2 N–H and O–H groups in total. The summed E-state index contributed by atoms with van der Waals surface area (Å²) in [6, 6.07) is 4.87. The molecule has 130 valence electrons. The maximum absolute atomic E-state index is 13.2. The van der Waals surface area contributed by atoms with Crippen LogP contribution in [0.3, 0.4) is 0 Å². The molecule has 1 unspecified atom stereocenters. The van der Waals surface area contributed by atoms with E-state index in [-0.39, 0.29) is 22.8 Å². The summed E-state index contributed by atoms with van der Waals surface area (Å²) in [6.45, 7) is 0.634. The predicted molar refractivity (Wildman–Crippen MR) is 86.7 cm³/mol. The number of hydrogen-bond donors (Lipinski definition) is 2. The molecule has 1 saturated heterocycles. The van der Waals surface area contributed by atoms with E-state index in [9.17, 15) is 23.1 Å². The monoisotopic (exact) mass is 360 g/mol. The maximum atomic E-state index is 13.2. The van der Waals surface area contributed by atoms with E-state index in [1.165, 1.54) is 12.1 Å². The molecule has 0 bridgehead atoms. The zero-order valence-corrected chi connectivity index (χ0v) is 13.4. The Morgan fingerprint density at radius 3 is 2.79 bits per heavy atom. The van der Waals surface area contributed by atoms with Crippen LogP contribution in [0.4, 0.5) is 18.9 Å². The number of fused-ring (bicyclic) bond motifs is 1. The number of nitrogens with zero attached hydrogens (tertiary/aromatic N) is 1. The van der Waals surface area contributed by atoms with E-state index in [1.807, 2.05) is 4.90 Å². The number of nitrogens with one attached hydrogen (secondary N) is 1. The molecule has 1 aromatic heterocycles. The molecule has 1 fully saturated rings. The van der Waals surface area contributed by atoms with E-state index in [1.54, 1.807) is 6.07 Å². The van der Waals surface area contributed by atoms with Crippen molar-refractivity contribution in [2.75, 3.05) is 17.3 Å². The average molecular weight is 361 g/mol. The lowest BCUT2D eigenvalue weighted by molar-refractivity contribution is -0.136. The van der Waals surface area contributed by atoms with Gasteiger partial charge in [0.2, 0.25) is 5.56 Å². The molecule has 0 radical (unpaired) electrons. The van der Waals surface area contributed by atoms with Crippen LogP contribution in [0.15, 0.2) is 29.1 Å². The SMILES string of the molecule is O=c1cc(C(F)(F)F)c2cc(N3CCC[C@@H]3C(O)CCl)ccc2[nH]1. The van der Waals surface area contributed by atoms with Gasteiger partial charge in [-0.1, -0.05) is 0 Å². The molecule has 2 heterocycles. The molecule has 1 aliphatic heterocycles. The van der Waals surface area contributed by atoms with Crippen molar-refractivity contribution in [3.05, 3.63) is 40.2 Å². The van der Waals surface area contributed by atoms with Gasteiger partial charge >= 0.3 is 6.18 Å². The second kappa shape index (κ2) is 6.29. The summed E-state index contributed by atoms with van der Waals surface area (Å²) in [4.78, 5) is 15.8. The maximum Gasteiger partial charge on any atom is 0.417 e. The van der Waals surface area contributed by atoms with Crippen LogP contribution in [-0.4, -0.2) is 34.7 Å². The number of alkyl halides is 4. The summed E-state index contributed by atoms with van der Waals surface area (Å²) in [7, 11) is 0. The number of hydrogen-bond acceptors (Lipinski definition) is 3. The number of benzene rings is 1. The third-order valence-electron chi connectivity index (χ3n) is 4.37. The lowest BCUT2D eigenvalue weighted by Gasteiger charge is -2.30. The van der Waals surface area contributed by atoms with Gasteiger partial charge in [-0.3, -0.25) is 4.79 Å². The molecule has 2 aromatic rings. The molecule has 2 atom stereocenters. The summed E-state index contributed by atoms with van der Waals surface area (Å²) >= 11 is 5.72. The molecule has 1 aliphatic rings. The Bertz CT molecular complexity index is 806. The van der Waals surface area contributed by atoms with Crippen molar-refractivity contribution in [1.29, 1.82) is 0 Å². The Balaban J connectivity index is 2.11. The highest BCUT2D eigenvalue weighted by Crippen LogP contribution is 2.36. The fourth-order valence-electron chi connectivity index (χ4n) is 3.27. The third-order valence-corrected chi connectivity index (χ3v) is 4.68. The first-order valence-electron chi connectivity index (χ1n) is 7.56. The largest absolute Gasteiger partial charge is 0.417 e. The number of H-pyrrole nitrogens is 1. The smallest absolute Gasteiger partial charge is 0.390 e. The highest BCUT2D eigenvalue weighted by atomic mass is 35.5. The topological polar surface area (TPSA) is 56.3 Å². The quantitative estimate of drug-likeness (QED) is 0.827. The van der Waals surface area contributed by atoms with Crippen molar-refractivity contribution in [3.63, 3.8) is 0 Å². The van der Waals surface area contributed by atoms with Crippen LogP contribution in [0.5, 0.6) is 0 Å². The summed E-state index contributed by atoms with van der Waals surface area (Å²) in [5.41, 5.74) is -1.05. The number of aliphatic hydroxyl groups is 1. The Labute approximate surface area is 140 Å². The number of anilines is 1. The lowest BCUT2D eigenvalue weighted by Crippen LogP contribution is -2.40. The van der Waals surface area contributed by atoms with E-state index in [0.29, 0.717) is 18.3 Å². The van der Waals surface area contributed by atoms with Crippen molar-refractivity contribution in [1.82, 2.24) is 4.98 Å². The molecular weight excluding hydrogens is 345 g/mol. The first-order valence-corrected chi connectivity index (χ1v) is 8.09. The molecule has 1 aromatic carbocycles. The van der Waals surface area contributed by atoms with Crippen LogP contribution in [0.25, 0.3) is 10.9 Å². The van der Waals surface area contributed by atoms with Crippen LogP contribution >= 0.6 is 11.6 Å². The standard InChI is InChI=1S/C16H16ClF3N2O2/c17-8-14(23)13-2-1-5-22(13)9-3-4-12-10(6-9)11(16(18,19)20)7-15(24)21-12/h3-4,6-7,13-14,23H,1-2,5,8H2,(H,21,24)/t13-,14?/m1/s1. The van der Waals surface area contributed by atoms with Gasteiger partial charge in [0, 0.05) is 29.2 Å². The molecular formula is C16H16ClF3N2O2. The molecule has 4 nitrogen and oxygen atoms in total. The van der Waals surface area contributed by atoms with Gasteiger partial charge in [-0.15, -0.1) is 11.6 Å². The Hall–Kier alpha value is -1.73. The first kappa shape index (κ1) is 17.1. The lowest BCUT2D eigenvalue weighted by atomic mass is 10.1. The zero-order valence-electron chi connectivity index (χ0n) is 12.6. The summed E-state index contributed by atoms with van der Waals surface area (Å²) < 4.78 is 39.7. The second-order valence-corrected chi connectivity index (χ2v) is 6.21. The van der Waals surface area contributed by atoms with Gasteiger partial charge in [-0.2, -0.15) is 13.2 Å². The molecule has 0 saturated carbocycles. The van der Waals surface area contributed by atoms with Gasteiger partial charge in [-0.25, -0.2) is 0 Å². The number of pyridine rings is 1. The summed E-state index contributed by atoms with van der Waals surface area (Å²) in [5, 5.41) is 9.96. The van der Waals surface area contributed by atoms with Gasteiger partial charge < -0.3 is 15.0 Å². The fourth-order valence-corrected chi connectivity index (χ4v) is 3.48. The number of halogens is 4. The Kier molecular flexibility index (Phi) is 4.48. The Morgan fingerprint density at radius 2 is 2.12 bits per heavy atom. The van der Waals surface area contributed by atoms with E-state index >= 15 is 0 Å². The molecule has 3 rings (SSSR count). The molecule has 0 spiro atoms. The third kappa shape index (κ3) is 3.10. The van der Waals surface area contributed by atoms with E-state index < -0.39 is 23.4 Å². The van der Waals surface area contributed by atoms with Crippen molar-refractivity contribution in [3.8, 4) is 0 Å². The van der Waals surface area contributed by atoms with E-state index in [0.717, 1.165) is 12.8 Å². The highest BCUT2D eigenvalue weighted by molar-refractivity contribution is 6.18. The normalized spacial score (nSPS) is 19.9. The molecule has 0 aliphatic carbocycles. The van der Waals surface area contributed by atoms with Crippen LogP contribution in [0.1, 0.15) is 18.4 Å². The van der Waals surface area contributed by atoms with E-state index in [2.05, 4.69) is 4.98 Å². The van der Waals surface area contributed by atoms with Crippen molar-refractivity contribution in [2.45, 2.75) is 31.2 Å². The fraction of sp³-hybridized carbons (Fsp3) is 0.438. The van der Waals surface area contributed by atoms with Crippen molar-refractivity contribution in [2.24, 2.45) is 0 Å². The van der Waals surface area contributed by atoms with Gasteiger partial charge in [0.25, 0.3) is 0 Å². The average Bonchev–Trinajstić information content (AvgIpc) is 3.01. The van der Waals surface area contributed by atoms with Gasteiger partial charge in [-0.05, 0) is 31.0 Å². The summed E-state index contributed by atoms with van der Waals surface area (Å²) in [5.74, 6) is 0.0653. The van der Waals surface area contributed by atoms with Crippen molar-refractivity contribution < 1.29 is 18.3 Å². The molecule has 0 amide bonds.